The van der Waals surface area contributed by atoms with Gasteiger partial charge in [0.2, 0.25) is 5.89 Å². The van der Waals surface area contributed by atoms with Gasteiger partial charge in [0.1, 0.15) is 16.7 Å². The lowest BCUT2D eigenvalue weighted by Crippen LogP contribution is -2.00. The van der Waals surface area contributed by atoms with E-state index in [0.717, 1.165) is 60.7 Å². The average molecular weight is 623 g/mol. The second-order valence-corrected chi connectivity index (χ2v) is 12.5. The van der Waals surface area contributed by atoms with Gasteiger partial charge in [-0.2, -0.15) is 0 Å². The van der Waals surface area contributed by atoms with Crippen LogP contribution in [0.1, 0.15) is 0 Å². The number of thiophene rings is 1. The Bertz CT molecular complexity index is 2780. The number of rotatable bonds is 4. The molecule has 0 saturated heterocycles. The van der Waals surface area contributed by atoms with E-state index in [9.17, 15) is 0 Å². The Morgan fingerprint density at radius 3 is 2.00 bits per heavy atom. The highest BCUT2D eigenvalue weighted by atomic mass is 32.1. The van der Waals surface area contributed by atoms with Crippen molar-refractivity contribution in [3.8, 4) is 45.6 Å². The van der Waals surface area contributed by atoms with E-state index in [1.165, 1.54) is 14.8 Å². The molecule has 0 amide bonds. The predicted octanol–water partition coefficient (Wildman–Crippen LogP) is 10.9. The predicted molar refractivity (Wildman–Crippen MR) is 189 cm³/mol. The largest absolute Gasteiger partial charge is 0.456 e. The minimum atomic E-state index is 0.560. The molecule has 220 valence electrons. The number of oxazole rings is 1. The van der Waals surface area contributed by atoms with Crippen molar-refractivity contribution in [3.05, 3.63) is 133 Å². The van der Waals surface area contributed by atoms with Crippen molar-refractivity contribution in [2.75, 3.05) is 0 Å². The quantitative estimate of drug-likeness (QED) is 0.194. The van der Waals surface area contributed by atoms with Crippen molar-refractivity contribution in [2.45, 2.75) is 0 Å². The van der Waals surface area contributed by atoms with E-state index >= 15 is 0 Å². The highest BCUT2D eigenvalue weighted by molar-refractivity contribution is 7.25. The SMILES string of the molecule is c1ccc(-c2nc(-c3cccc4oc5ccc(-c6nc7ccccc7o6)cc5c34)nc(-c3cccc4sc5ccccc5c34)n2)cc1. The summed E-state index contributed by atoms with van der Waals surface area (Å²) in [6.45, 7) is 0. The minimum Gasteiger partial charge on any atom is -0.456 e. The van der Waals surface area contributed by atoms with E-state index in [4.69, 9.17) is 28.8 Å². The van der Waals surface area contributed by atoms with E-state index in [1.54, 1.807) is 11.3 Å². The Morgan fingerprint density at radius 2 is 1.13 bits per heavy atom. The van der Waals surface area contributed by atoms with Gasteiger partial charge in [0, 0.05) is 53.2 Å². The van der Waals surface area contributed by atoms with E-state index in [-0.39, 0.29) is 0 Å². The van der Waals surface area contributed by atoms with Crippen molar-refractivity contribution in [3.63, 3.8) is 0 Å². The number of para-hydroxylation sites is 2. The molecule has 0 saturated carbocycles. The summed E-state index contributed by atoms with van der Waals surface area (Å²) in [5, 5.41) is 4.21. The van der Waals surface area contributed by atoms with Crippen LogP contribution in [0.5, 0.6) is 0 Å². The molecule has 0 aliphatic rings. The average Bonchev–Trinajstić information content (AvgIpc) is 3.84. The third-order valence-electron chi connectivity index (χ3n) is 8.59. The summed E-state index contributed by atoms with van der Waals surface area (Å²) in [6.07, 6.45) is 0. The summed E-state index contributed by atoms with van der Waals surface area (Å²) >= 11 is 1.78. The molecule has 4 aromatic heterocycles. The number of fused-ring (bicyclic) bond motifs is 7. The van der Waals surface area contributed by atoms with Gasteiger partial charge in [0.25, 0.3) is 0 Å². The maximum Gasteiger partial charge on any atom is 0.227 e. The number of benzene rings is 6. The Hall–Kier alpha value is -6.18. The fraction of sp³-hybridized carbons (Fsp3) is 0. The van der Waals surface area contributed by atoms with Crippen LogP contribution >= 0.6 is 11.3 Å². The van der Waals surface area contributed by atoms with Crippen LogP contribution in [0.3, 0.4) is 0 Å². The molecule has 0 N–H and O–H groups in total. The van der Waals surface area contributed by atoms with Gasteiger partial charge in [-0.25, -0.2) is 19.9 Å². The van der Waals surface area contributed by atoms with Crippen LogP contribution in [0.15, 0.2) is 142 Å². The molecule has 0 spiro atoms. The van der Waals surface area contributed by atoms with Crippen molar-refractivity contribution in [2.24, 2.45) is 0 Å². The zero-order valence-corrected chi connectivity index (χ0v) is 25.5. The van der Waals surface area contributed by atoms with Gasteiger partial charge in [-0.15, -0.1) is 11.3 Å². The molecule has 10 rings (SSSR count). The minimum absolute atomic E-state index is 0.560. The molecular weight excluding hydrogens is 601 g/mol. The molecule has 0 aliphatic heterocycles. The van der Waals surface area contributed by atoms with Crippen molar-refractivity contribution in [1.29, 1.82) is 0 Å². The third kappa shape index (κ3) is 4.17. The number of nitrogens with zero attached hydrogens (tertiary/aromatic N) is 4. The highest BCUT2D eigenvalue weighted by Gasteiger charge is 2.20. The molecule has 4 heterocycles. The molecule has 0 bridgehead atoms. The lowest BCUT2D eigenvalue weighted by atomic mass is 10.0. The topological polar surface area (TPSA) is 77.8 Å². The monoisotopic (exact) mass is 622 g/mol. The lowest BCUT2D eigenvalue weighted by molar-refractivity contribution is 0.620. The fourth-order valence-electron chi connectivity index (χ4n) is 6.44. The molecule has 0 fully saturated rings. The van der Waals surface area contributed by atoms with Gasteiger partial charge in [-0.1, -0.05) is 84.9 Å². The van der Waals surface area contributed by atoms with Crippen LogP contribution in [-0.4, -0.2) is 19.9 Å². The first kappa shape index (κ1) is 26.1. The Balaban J connectivity index is 1.23. The maximum atomic E-state index is 6.37. The zero-order valence-electron chi connectivity index (χ0n) is 24.7. The summed E-state index contributed by atoms with van der Waals surface area (Å²) < 4.78 is 14.9. The van der Waals surface area contributed by atoms with Gasteiger partial charge in [-0.05, 0) is 48.5 Å². The molecule has 0 unspecified atom stereocenters. The van der Waals surface area contributed by atoms with E-state index in [2.05, 4.69) is 54.6 Å². The summed E-state index contributed by atoms with van der Waals surface area (Å²) in [6, 6.07) is 44.8. The summed E-state index contributed by atoms with van der Waals surface area (Å²) in [4.78, 5) is 20.1. The number of hydrogen-bond donors (Lipinski definition) is 0. The zero-order chi connectivity index (χ0) is 30.9. The molecular formula is C40H22N4O2S. The molecule has 0 atom stereocenters. The van der Waals surface area contributed by atoms with Crippen LogP contribution in [0.4, 0.5) is 0 Å². The van der Waals surface area contributed by atoms with Crippen LogP contribution in [0.25, 0.3) is 98.8 Å². The van der Waals surface area contributed by atoms with Crippen LogP contribution < -0.4 is 0 Å². The van der Waals surface area contributed by atoms with Gasteiger partial charge in [0.05, 0.1) is 0 Å². The molecule has 0 aliphatic carbocycles. The molecule has 10 aromatic rings. The number of aromatic nitrogens is 4. The third-order valence-corrected chi connectivity index (χ3v) is 9.72. The smallest absolute Gasteiger partial charge is 0.227 e. The van der Waals surface area contributed by atoms with Crippen LogP contribution in [0.2, 0.25) is 0 Å². The molecule has 6 nitrogen and oxygen atoms in total. The summed E-state index contributed by atoms with van der Waals surface area (Å²) in [7, 11) is 0. The van der Waals surface area contributed by atoms with Gasteiger partial charge in [0.15, 0.2) is 23.1 Å². The lowest BCUT2D eigenvalue weighted by Gasteiger charge is -2.10. The number of hydrogen-bond acceptors (Lipinski definition) is 7. The Labute approximate surface area is 271 Å². The van der Waals surface area contributed by atoms with E-state index in [1.807, 2.05) is 78.9 Å². The molecule has 6 aromatic carbocycles. The molecule has 47 heavy (non-hydrogen) atoms. The van der Waals surface area contributed by atoms with Crippen molar-refractivity contribution < 1.29 is 8.83 Å². The molecule has 7 heteroatoms. The first-order valence-corrected chi connectivity index (χ1v) is 16.1. The van der Waals surface area contributed by atoms with Gasteiger partial charge in [-0.3, -0.25) is 0 Å². The second kappa shape index (κ2) is 10.2. The second-order valence-electron chi connectivity index (χ2n) is 11.4. The van der Waals surface area contributed by atoms with E-state index in [0.29, 0.717) is 23.4 Å². The first-order chi connectivity index (χ1) is 23.3. The standard InChI is InChI=1S/C40H22N4O2S/c1-2-10-23(11-3-1)37-42-38(44-39(43-37)27-14-9-19-34-36(27)25-12-4-7-18-33(25)47-34)26-13-8-17-32-35(26)28-22-24(20-21-30(28)45-32)40-41-29-15-5-6-16-31(29)46-40/h1-22H. The Morgan fingerprint density at radius 1 is 0.426 bits per heavy atom. The molecule has 0 radical (unpaired) electrons. The summed E-state index contributed by atoms with van der Waals surface area (Å²) in [5.41, 5.74) is 6.70. The van der Waals surface area contributed by atoms with Crippen LogP contribution in [-0.2, 0) is 0 Å². The van der Waals surface area contributed by atoms with Gasteiger partial charge >= 0.3 is 0 Å². The Kier molecular flexibility index (Phi) is 5.64. The first-order valence-electron chi connectivity index (χ1n) is 15.3. The van der Waals surface area contributed by atoms with Crippen LogP contribution in [0, 0.1) is 0 Å². The highest BCUT2D eigenvalue weighted by Crippen LogP contribution is 2.41. The maximum absolute atomic E-state index is 6.37. The van der Waals surface area contributed by atoms with Crippen molar-refractivity contribution in [1.82, 2.24) is 19.9 Å². The summed E-state index contributed by atoms with van der Waals surface area (Å²) in [5.74, 6) is 2.37. The van der Waals surface area contributed by atoms with Gasteiger partial charge < -0.3 is 8.83 Å². The normalized spacial score (nSPS) is 11.8. The van der Waals surface area contributed by atoms with Crippen molar-refractivity contribution >= 4 is 64.5 Å². The van der Waals surface area contributed by atoms with E-state index < -0.39 is 0 Å². The number of furan rings is 1. The fourth-order valence-corrected chi connectivity index (χ4v) is 7.57.